The lowest BCUT2D eigenvalue weighted by atomic mass is 9.72. The van der Waals surface area contributed by atoms with Crippen molar-refractivity contribution in [2.75, 3.05) is 12.4 Å². The Bertz CT molecular complexity index is 1060. The third-order valence-corrected chi connectivity index (χ3v) is 7.46. The maximum atomic E-state index is 12.6. The minimum Gasteiger partial charge on any atom is -0.494 e. The van der Waals surface area contributed by atoms with Gasteiger partial charge < -0.3 is 10.1 Å². The fourth-order valence-electron chi connectivity index (χ4n) is 3.73. The number of ether oxygens (including phenoxy) is 1. The zero-order valence-corrected chi connectivity index (χ0v) is 20.8. The van der Waals surface area contributed by atoms with Crippen molar-refractivity contribution in [3.05, 3.63) is 43.7 Å². The van der Waals surface area contributed by atoms with Crippen molar-refractivity contribution in [2.24, 2.45) is 11.3 Å². The van der Waals surface area contributed by atoms with E-state index in [1.165, 1.54) is 35.5 Å². The Kier molecular flexibility index (Phi) is 7.17. The van der Waals surface area contributed by atoms with Crippen LogP contribution in [0, 0.1) is 22.7 Å². The molecule has 2 N–H and O–H groups in total. The van der Waals surface area contributed by atoms with E-state index in [0.717, 1.165) is 24.8 Å². The van der Waals surface area contributed by atoms with Gasteiger partial charge in [0.2, 0.25) is 0 Å². The number of hydrogen-bond acceptors (Lipinski definition) is 5. The quantitative estimate of drug-likeness (QED) is 0.494. The van der Waals surface area contributed by atoms with E-state index in [9.17, 15) is 10.1 Å². The van der Waals surface area contributed by atoms with E-state index in [2.05, 4.69) is 37.5 Å². The van der Waals surface area contributed by atoms with Crippen molar-refractivity contribution >= 4 is 62.8 Å². The Morgan fingerprint density at radius 3 is 2.52 bits per heavy atom. The van der Waals surface area contributed by atoms with Gasteiger partial charge in [0, 0.05) is 10.4 Å². The van der Waals surface area contributed by atoms with E-state index in [4.69, 9.17) is 40.2 Å². The average Bonchev–Trinajstić information content (AvgIpc) is 3.02. The summed E-state index contributed by atoms with van der Waals surface area (Å²) in [4.78, 5) is 13.8. The molecular weight excluding hydrogens is 473 g/mol. The summed E-state index contributed by atoms with van der Waals surface area (Å²) in [5.74, 6) is 0.405. The zero-order chi connectivity index (χ0) is 22.9. The number of halogens is 2. The lowest BCUT2D eigenvalue weighted by Crippen LogP contribution is -2.34. The van der Waals surface area contributed by atoms with E-state index in [0.29, 0.717) is 22.2 Å². The van der Waals surface area contributed by atoms with Gasteiger partial charge in [-0.25, -0.2) is 0 Å². The van der Waals surface area contributed by atoms with Crippen LogP contribution in [0.15, 0.2) is 12.1 Å². The van der Waals surface area contributed by atoms with E-state index in [-0.39, 0.29) is 26.1 Å². The molecule has 0 radical (unpaired) electrons. The molecule has 0 saturated heterocycles. The van der Waals surface area contributed by atoms with Crippen LogP contribution >= 0.6 is 46.8 Å². The van der Waals surface area contributed by atoms with Crippen LogP contribution in [-0.4, -0.2) is 18.1 Å². The van der Waals surface area contributed by atoms with Gasteiger partial charge in [-0.1, -0.05) is 44.0 Å². The number of benzene rings is 1. The fraction of sp³-hybridized carbons (Fsp3) is 0.409. The first-order valence-electron chi connectivity index (χ1n) is 9.75. The van der Waals surface area contributed by atoms with Gasteiger partial charge in [0.05, 0.1) is 22.7 Å². The number of nitrogens with zero attached hydrogens (tertiary/aromatic N) is 1. The molecule has 1 atom stereocenters. The normalized spacial score (nSPS) is 15.6. The molecule has 0 unspecified atom stereocenters. The first-order valence-corrected chi connectivity index (χ1v) is 11.7. The van der Waals surface area contributed by atoms with Crippen LogP contribution in [0.5, 0.6) is 5.75 Å². The number of nitriles is 1. The van der Waals surface area contributed by atoms with Gasteiger partial charge in [-0.05, 0) is 60.5 Å². The molecule has 1 aromatic carbocycles. The molecule has 0 aliphatic heterocycles. The Morgan fingerprint density at radius 2 is 1.97 bits per heavy atom. The number of amides is 1. The maximum absolute atomic E-state index is 12.6. The van der Waals surface area contributed by atoms with E-state index < -0.39 is 5.91 Å². The molecule has 5 nitrogen and oxygen atoms in total. The second-order valence-corrected chi connectivity index (χ2v) is 10.8. The molecular formula is C22H23Cl2N3O2S2. The number of rotatable bonds is 3. The third kappa shape index (κ3) is 5.15. The van der Waals surface area contributed by atoms with E-state index in [1.807, 2.05) is 0 Å². The minimum atomic E-state index is -0.462. The summed E-state index contributed by atoms with van der Waals surface area (Å²) in [6.45, 7) is 6.76. The van der Waals surface area contributed by atoms with Gasteiger partial charge in [0.15, 0.2) is 10.9 Å². The SMILES string of the molecule is COc1c(Cl)cc(C(=O)NC(=S)Nc2sc3c(c2C#N)CC[C@H](C(C)(C)C)C3)cc1Cl. The lowest BCUT2D eigenvalue weighted by molar-refractivity contribution is 0.0977. The molecule has 9 heteroatoms. The largest absolute Gasteiger partial charge is 0.494 e. The van der Waals surface area contributed by atoms with Gasteiger partial charge in [0.1, 0.15) is 11.1 Å². The highest BCUT2D eigenvalue weighted by Crippen LogP contribution is 2.44. The van der Waals surface area contributed by atoms with Crippen LogP contribution in [0.3, 0.4) is 0 Å². The number of methoxy groups -OCH3 is 1. The first-order chi connectivity index (χ1) is 14.5. The minimum absolute atomic E-state index is 0.107. The molecule has 1 aliphatic carbocycles. The van der Waals surface area contributed by atoms with E-state index >= 15 is 0 Å². The summed E-state index contributed by atoms with van der Waals surface area (Å²) in [7, 11) is 1.45. The number of thiocarbonyl (C=S) groups is 1. The van der Waals surface area contributed by atoms with Crippen LogP contribution in [0.25, 0.3) is 0 Å². The summed E-state index contributed by atoms with van der Waals surface area (Å²) in [6.07, 6.45) is 2.88. The van der Waals surface area contributed by atoms with Crippen molar-refractivity contribution in [3.8, 4) is 11.8 Å². The Morgan fingerprint density at radius 1 is 1.32 bits per heavy atom. The maximum Gasteiger partial charge on any atom is 0.257 e. The molecule has 2 aromatic rings. The zero-order valence-electron chi connectivity index (χ0n) is 17.7. The highest BCUT2D eigenvalue weighted by Gasteiger charge is 2.32. The van der Waals surface area contributed by atoms with E-state index in [1.54, 1.807) is 0 Å². The number of carbonyl (C=O) groups is 1. The second kappa shape index (κ2) is 9.33. The topological polar surface area (TPSA) is 74.2 Å². The monoisotopic (exact) mass is 495 g/mol. The molecule has 0 spiro atoms. The van der Waals surface area contributed by atoms with Crippen molar-refractivity contribution in [1.82, 2.24) is 5.32 Å². The molecule has 0 fully saturated rings. The van der Waals surface area contributed by atoms with Gasteiger partial charge in [-0.15, -0.1) is 11.3 Å². The van der Waals surface area contributed by atoms with Crippen molar-refractivity contribution in [1.29, 1.82) is 5.26 Å². The Balaban J connectivity index is 1.75. The van der Waals surface area contributed by atoms with Crippen LogP contribution in [0.1, 0.15) is 53.6 Å². The van der Waals surface area contributed by atoms with Gasteiger partial charge in [-0.3, -0.25) is 10.1 Å². The molecule has 0 bridgehead atoms. The van der Waals surface area contributed by atoms with Crippen LogP contribution in [0.4, 0.5) is 5.00 Å². The lowest BCUT2D eigenvalue weighted by Gasteiger charge is -2.33. The number of carbonyl (C=O) groups excluding carboxylic acids is 1. The highest BCUT2D eigenvalue weighted by molar-refractivity contribution is 7.80. The Labute approximate surface area is 201 Å². The molecule has 3 rings (SSSR count). The first kappa shape index (κ1) is 23.8. The standard InChI is InChI=1S/C22H23Cl2N3O2S2/c1-22(2,3)12-5-6-13-14(10-25)20(31-17(13)9-12)27-21(30)26-19(28)11-7-15(23)18(29-4)16(24)8-11/h7-8,12H,5-6,9H2,1-4H3,(H2,26,27,28,30)/t12-/m0/s1. The van der Waals surface area contributed by atoms with Gasteiger partial charge >= 0.3 is 0 Å². The number of nitrogens with one attached hydrogen (secondary N) is 2. The van der Waals surface area contributed by atoms with Crippen molar-refractivity contribution < 1.29 is 9.53 Å². The predicted molar refractivity (Wildman–Crippen MR) is 131 cm³/mol. The molecule has 31 heavy (non-hydrogen) atoms. The van der Waals surface area contributed by atoms with Gasteiger partial charge in [0.25, 0.3) is 5.91 Å². The number of thiophene rings is 1. The summed E-state index contributed by atoms with van der Waals surface area (Å²) in [5.41, 5.74) is 2.17. The third-order valence-electron chi connectivity index (χ3n) is 5.52. The highest BCUT2D eigenvalue weighted by atomic mass is 35.5. The average molecular weight is 496 g/mol. The summed E-state index contributed by atoms with van der Waals surface area (Å²) in [6, 6.07) is 5.22. The number of fused-ring (bicyclic) bond motifs is 1. The summed E-state index contributed by atoms with van der Waals surface area (Å²) >= 11 is 19.1. The summed E-state index contributed by atoms with van der Waals surface area (Å²) in [5, 5.41) is 16.6. The van der Waals surface area contributed by atoms with Crippen LogP contribution in [-0.2, 0) is 12.8 Å². The van der Waals surface area contributed by atoms with Crippen LogP contribution < -0.4 is 15.4 Å². The molecule has 1 aliphatic rings. The smallest absolute Gasteiger partial charge is 0.257 e. The number of anilines is 1. The molecule has 1 aromatic heterocycles. The van der Waals surface area contributed by atoms with Crippen molar-refractivity contribution in [3.63, 3.8) is 0 Å². The molecule has 164 valence electrons. The van der Waals surface area contributed by atoms with Crippen molar-refractivity contribution in [2.45, 2.75) is 40.0 Å². The fourth-order valence-corrected chi connectivity index (χ4v) is 5.91. The summed E-state index contributed by atoms with van der Waals surface area (Å²) < 4.78 is 5.10. The second-order valence-electron chi connectivity index (χ2n) is 8.51. The van der Waals surface area contributed by atoms with Gasteiger partial charge in [-0.2, -0.15) is 5.26 Å². The number of hydrogen-bond donors (Lipinski definition) is 2. The predicted octanol–water partition coefficient (Wildman–Crippen LogP) is 6.21. The molecule has 1 amide bonds. The molecule has 0 saturated carbocycles. The molecule has 1 heterocycles. The van der Waals surface area contributed by atoms with Crippen LogP contribution in [0.2, 0.25) is 10.0 Å². The Hall–Kier alpha value is -1.85.